The fourth-order valence-electron chi connectivity index (χ4n) is 3.10. The van der Waals surface area contributed by atoms with Crippen molar-refractivity contribution < 1.29 is 4.92 Å². The smallest absolute Gasteiger partial charge is 0.347 e. The first kappa shape index (κ1) is 14.2. The number of nitro groups is 1. The second kappa shape index (κ2) is 5.14. The Bertz CT molecular complexity index is 973. The van der Waals surface area contributed by atoms with Crippen LogP contribution >= 0.6 is 0 Å². The molecular formula is C18H15N5O2. The number of aromatic nitrogens is 2. The van der Waals surface area contributed by atoms with Crippen molar-refractivity contribution in [2.24, 2.45) is 0 Å². The van der Waals surface area contributed by atoms with Crippen LogP contribution in [0.3, 0.4) is 0 Å². The lowest BCUT2D eigenvalue weighted by Crippen LogP contribution is -2.09. The molecule has 0 atom stereocenters. The summed E-state index contributed by atoms with van der Waals surface area (Å²) in [4.78, 5) is 24.3. The lowest BCUT2D eigenvalue weighted by Gasteiger charge is -2.12. The van der Waals surface area contributed by atoms with Crippen molar-refractivity contribution >= 4 is 28.1 Å². The molecule has 0 saturated carbocycles. The van der Waals surface area contributed by atoms with E-state index in [0.29, 0.717) is 17.5 Å². The van der Waals surface area contributed by atoms with E-state index in [0.717, 1.165) is 42.5 Å². The fourth-order valence-corrected chi connectivity index (χ4v) is 3.10. The van der Waals surface area contributed by atoms with Crippen molar-refractivity contribution in [3.63, 3.8) is 0 Å². The molecule has 0 N–H and O–H groups in total. The Balaban J connectivity index is 1.78. The van der Waals surface area contributed by atoms with Crippen molar-refractivity contribution in [3.05, 3.63) is 52.6 Å². The van der Waals surface area contributed by atoms with E-state index >= 15 is 0 Å². The van der Waals surface area contributed by atoms with Gasteiger partial charge in [-0.3, -0.25) is 10.1 Å². The number of rotatable bonds is 4. The molecule has 0 aliphatic carbocycles. The lowest BCUT2D eigenvalue weighted by atomic mass is 10.0. The maximum Gasteiger partial charge on any atom is 0.353 e. The van der Waals surface area contributed by atoms with Crippen LogP contribution in [-0.2, 0) is 0 Å². The molecule has 2 aromatic carbocycles. The Hall–Kier alpha value is -3.22. The molecule has 7 nitrogen and oxygen atoms in total. The molecule has 25 heavy (non-hydrogen) atoms. The topological polar surface area (TPSA) is 74.9 Å². The monoisotopic (exact) mass is 333 g/mol. The maximum atomic E-state index is 11.6. The van der Waals surface area contributed by atoms with Gasteiger partial charge in [-0.05, 0) is 10.8 Å². The predicted molar refractivity (Wildman–Crippen MR) is 96.1 cm³/mol. The minimum absolute atomic E-state index is 0.0268. The molecule has 3 heterocycles. The van der Waals surface area contributed by atoms with Crippen molar-refractivity contribution in [2.75, 3.05) is 36.0 Å². The van der Waals surface area contributed by atoms with Crippen LogP contribution in [0.4, 0.5) is 17.3 Å². The Morgan fingerprint density at radius 3 is 2.08 bits per heavy atom. The van der Waals surface area contributed by atoms with Gasteiger partial charge < -0.3 is 9.80 Å². The second-order valence-corrected chi connectivity index (χ2v) is 6.30. The van der Waals surface area contributed by atoms with Gasteiger partial charge in [-0.1, -0.05) is 42.5 Å². The zero-order valence-electron chi connectivity index (χ0n) is 13.4. The van der Waals surface area contributed by atoms with Gasteiger partial charge in [0.25, 0.3) is 0 Å². The van der Waals surface area contributed by atoms with Crippen molar-refractivity contribution in [3.8, 4) is 11.4 Å². The van der Waals surface area contributed by atoms with Crippen LogP contribution in [0.2, 0.25) is 0 Å². The van der Waals surface area contributed by atoms with E-state index in [9.17, 15) is 10.1 Å². The molecule has 0 radical (unpaired) electrons. The van der Waals surface area contributed by atoms with Crippen LogP contribution in [0.25, 0.3) is 22.2 Å². The molecule has 2 aliphatic rings. The van der Waals surface area contributed by atoms with Gasteiger partial charge in [0.15, 0.2) is 5.82 Å². The highest BCUT2D eigenvalue weighted by molar-refractivity contribution is 5.95. The molecule has 2 aliphatic heterocycles. The van der Waals surface area contributed by atoms with E-state index in [4.69, 9.17) is 0 Å². The third-order valence-corrected chi connectivity index (χ3v) is 4.55. The van der Waals surface area contributed by atoms with Gasteiger partial charge in [0.05, 0.1) is 4.92 Å². The highest BCUT2D eigenvalue weighted by atomic mass is 16.6. The highest BCUT2D eigenvalue weighted by Gasteiger charge is 2.38. The van der Waals surface area contributed by atoms with E-state index in [1.165, 1.54) is 0 Å². The first-order chi connectivity index (χ1) is 12.2. The molecule has 5 rings (SSSR count). The Labute approximate surface area is 143 Å². The van der Waals surface area contributed by atoms with E-state index in [1.54, 1.807) is 0 Å². The zero-order chi connectivity index (χ0) is 17.0. The number of nitrogens with zero attached hydrogens (tertiary/aromatic N) is 5. The summed E-state index contributed by atoms with van der Waals surface area (Å²) in [5, 5.41) is 13.8. The summed E-state index contributed by atoms with van der Waals surface area (Å²) in [6.45, 7) is 3.19. The van der Waals surface area contributed by atoms with E-state index < -0.39 is 0 Å². The molecule has 2 saturated heterocycles. The summed E-state index contributed by atoms with van der Waals surface area (Å²) in [5.41, 5.74) is 0.929. The Morgan fingerprint density at radius 1 is 0.880 bits per heavy atom. The molecule has 0 bridgehead atoms. The number of benzene rings is 2. The molecule has 124 valence electrons. The Kier molecular flexibility index (Phi) is 2.91. The van der Waals surface area contributed by atoms with Gasteiger partial charge in [0.2, 0.25) is 11.6 Å². The maximum absolute atomic E-state index is 11.6. The quantitative estimate of drug-likeness (QED) is 0.415. The molecular weight excluding hydrogens is 318 g/mol. The van der Waals surface area contributed by atoms with E-state index in [1.807, 2.05) is 52.3 Å². The number of anilines is 2. The van der Waals surface area contributed by atoms with Gasteiger partial charge in [-0.2, -0.15) is 0 Å². The number of hydrogen-bond donors (Lipinski definition) is 0. The van der Waals surface area contributed by atoms with Crippen LogP contribution in [0.5, 0.6) is 0 Å². The molecule has 0 spiro atoms. The second-order valence-electron chi connectivity index (χ2n) is 6.30. The predicted octanol–water partition coefficient (Wildman–Crippen LogP) is 2.85. The molecule has 2 fully saturated rings. The standard InChI is InChI=1S/C18H15N5O2/c24-23(25)15-17(21-8-9-21)19-16(20-18(15)22-10-11-22)14-7-3-5-12-4-1-2-6-13(12)14/h1-7H,8-11H2. The summed E-state index contributed by atoms with van der Waals surface area (Å²) in [5.74, 6) is 1.42. The first-order valence-electron chi connectivity index (χ1n) is 8.27. The minimum atomic E-state index is -0.353. The van der Waals surface area contributed by atoms with Crippen LogP contribution in [0.1, 0.15) is 0 Å². The fraction of sp³-hybridized carbons (Fsp3) is 0.222. The molecule has 3 aromatic rings. The van der Waals surface area contributed by atoms with Crippen molar-refractivity contribution in [1.29, 1.82) is 0 Å². The minimum Gasteiger partial charge on any atom is -0.347 e. The lowest BCUT2D eigenvalue weighted by molar-refractivity contribution is -0.383. The summed E-state index contributed by atoms with van der Waals surface area (Å²) < 4.78 is 0. The van der Waals surface area contributed by atoms with Gasteiger partial charge in [-0.25, -0.2) is 9.97 Å². The zero-order valence-corrected chi connectivity index (χ0v) is 13.4. The average molecular weight is 333 g/mol. The highest BCUT2D eigenvalue weighted by Crippen LogP contribution is 2.41. The summed E-state index contributed by atoms with van der Waals surface area (Å²) in [6.07, 6.45) is 0. The van der Waals surface area contributed by atoms with Gasteiger partial charge in [-0.15, -0.1) is 0 Å². The molecule has 0 amide bonds. The van der Waals surface area contributed by atoms with E-state index in [2.05, 4.69) is 9.97 Å². The van der Waals surface area contributed by atoms with Crippen LogP contribution in [0, 0.1) is 10.1 Å². The average Bonchev–Trinajstić information content (AvgIpc) is 3.52. The molecule has 1 aromatic heterocycles. The Morgan fingerprint density at radius 2 is 1.48 bits per heavy atom. The largest absolute Gasteiger partial charge is 0.353 e. The normalized spacial score (nSPS) is 15.5. The third kappa shape index (κ3) is 2.36. The van der Waals surface area contributed by atoms with Gasteiger partial charge >= 0.3 is 5.69 Å². The SMILES string of the molecule is O=[N+]([O-])c1c(N2CC2)nc(-c2cccc3ccccc23)nc1N1CC1. The first-order valence-corrected chi connectivity index (χ1v) is 8.27. The number of hydrogen-bond acceptors (Lipinski definition) is 6. The van der Waals surface area contributed by atoms with E-state index in [-0.39, 0.29) is 10.6 Å². The molecule has 7 heteroatoms. The summed E-state index contributed by atoms with van der Waals surface area (Å²) in [6, 6.07) is 14.0. The van der Waals surface area contributed by atoms with Crippen molar-refractivity contribution in [1.82, 2.24) is 9.97 Å². The van der Waals surface area contributed by atoms with Gasteiger partial charge in [0.1, 0.15) is 0 Å². The third-order valence-electron chi connectivity index (χ3n) is 4.55. The van der Waals surface area contributed by atoms with Crippen LogP contribution in [0.15, 0.2) is 42.5 Å². The number of fused-ring (bicyclic) bond motifs is 1. The molecule has 0 unspecified atom stereocenters. The van der Waals surface area contributed by atoms with Gasteiger partial charge in [0, 0.05) is 31.7 Å². The van der Waals surface area contributed by atoms with Crippen LogP contribution < -0.4 is 9.80 Å². The van der Waals surface area contributed by atoms with Crippen LogP contribution in [-0.4, -0.2) is 41.1 Å². The van der Waals surface area contributed by atoms with Crippen molar-refractivity contribution in [2.45, 2.75) is 0 Å². The summed E-state index contributed by atoms with van der Waals surface area (Å²) in [7, 11) is 0. The summed E-state index contributed by atoms with van der Waals surface area (Å²) >= 11 is 0.